The van der Waals surface area contributed by atoms with Crippen LogP contribution < -0.4 is 5.32 Å². The maximum absolute atomic E-state index is 14.0. The number of nitrogens with zero attached hydrogens (tertiary/aromatic N) is 3. The molecule has 49 heavy (non-hydrogen) atoms. The lowest BCUT2D eigenvalue weighted by molar-refractivity contribution is -0.144. The lowest BCUT2D eigenvalue weighted by Crippen LogP contribution is -2.52. The van der Waals surface area contributed by atoms with Crippen LogP contribution in [0.25, 0.3) is 32.6 Å². The van der Waals surface area contributed by atoms with Crippen LogP contribution in [0.15, 0.2) is 42.5 Å². The average Bonchev–Trinajstić information content (AvgIpc) is 3.74. The van der Waals surface area contributed by atoms with Gasteiger partial charge in [-0.1, -0.05) is 44.2 Å². The second-order valence-electron chi connectivity index (χ2n) is 13.9. The van der Waals surface area contributed by atoms with Gasteiger partial charge >= 0.3 is 5.97 Å². The van der Waals surface area contributed by atoms with Crippen LogP contribution in [0, 0.1) is 13.8 Å². The first kappa shape index (κ1) is 33.4. The van der Waals surface area contributed by atoms with Gasteiger partial charge in [0.05, 0.1) is 46.4 Å². The second-order valence-corrected chi connectivity index (χ2v) is 15.1. The number of amides is 2. The summed E-state index contributed by atoms with van der Waals surface area (Å²) < 4.78 is 5.52. The molecule has 3 fully saturated rings. The molecule has 0 spiro atoms. The molecule has 3 heterocycles. The van der Waals surface area contributed by atoms with Crippen LogP contribution in [-0.2, 0) is 20.7 Å². The normalized spacial score (nSPS) is 18.1. The molecular weight excluding hydrogens is 637 g/mol. The van der Waals surface area contributed by atoms with Crippen LogP contribution in [0.5, 0.6) is 0 Å². The van der Waals surface area contributed by atoms with E-state index in [1.165, 1.54) is 6.42 Å². The van der Waals surface area contributed by atoms with Crippen LogP contribution in [0.1, 0.15) is 95.9 Å². The number of thiazole rings is 1. The maximum Gasteiger partial charge on any atom is 0.329 e. The van der Waals surface area contributed by atoms with E-state index in [1.807, 2.05) is 43.0 Å². The number of aryl methyl sites for hydroxylation is 2. The van der Waals surface area contributed by atoms with E-state index >= 15 is 0 Å². The number of aromatic nitrogens is 2. The second kappa shape index (κ2) is 14.0. The molecular formula is C39H44N4O5S. The smallest absolute Gasteiger partial charge is 0.329 e. The number of benzene rings is 2. The van der Waals surface area contributed by atoms with Gasteiger partial charge in [-0.3, -0.25) is 9.59 Å². The van der Waals surface area contributed by atoms with E-state index in [0.717, 1.165) is 93.0 Å². The highest BCUT2D eigenvalue weighted by molar-refractivity contribution is 7.15. The van der Waals surface area contributed by atoms with Gasteiger partial charge in [-0.25, -0.2) is 14.8 Å². The molecule has 0 bridgehead atoms. The van der Waals surface area contributed by atoms with Crippen molar-refractivity contribution >= 4 is 40.0 Å². The number of carbonyl (C=O) groups is 3. The summed E-state index contributed by atoms with van der Waals surface area (Å²) in [4.78, 5) is 52.7. The fourth-order valence-electron chi connectivity index (χ4n) is 8.01. The van der Waals surface area contributed by atoms with Crippen molar-refractivity contribution in [3.63, 3.8) is 0 Å². The van der Waals surface area contributed by atoms with Crippen LogP contribution in [0.3, 0.4) is 0 Å². The van der Waals surface area contributed by atoms with E-state index in [0.29, 0.717) is 44.7 Å². The molecule has 2 amide bonds. The first-order chi connectivity index (χ1) is 23.7. The van der Waals surface area contributed by atoms with Crippen molar-refractivity contribution in [2.24, 2.45) is 0 Å². The number of morpholine rings is 1. The zero-order valence-electron chi connectivity index (χ0n) is 28.3. The Morgan fingerprint density at radius 2 is 1.71 bits per heavy atom. The number of pyridine rings is 1. The van der Waals surface area contributed by atoms with Gasteiger partial charge in [-0.2, -0.15) is 0 Å². The van der Waals surface area contributed by atoms with Crippen LogP contribution in [0.2, 0.25) is 0 Å². The fraction of sp³-hybridized carbons (Fsp3) is 0.462. The Morgan fingerprint density at radius 1 is 0.959 bits per heavy atom. The van der Waals surface area contributed by atoms with Gasteiger partial charge in [0.15, 0.2) is 0 Å². The molecule has 7 rings (SSSR count). The number of ether oxygens (including phenoxy) is 1. The first-order valence-corrected chi connectivity index (χ1v) is 18.5. The zero-order valence-corrected chi connectivity index (χ0v) is 29.2. The molecule has 0 radical (unpaired) electrons. The molecule has 1 aliphatic heterocycles. The van der Waals surface area contributed by atoms with Gasteiger partial charge in [0.2, 0.25) is 5.91 Å². The van der Waals surface area contributed by atoms with Gasteiger partial charge in [0.25, 0.3) is 5.91 Å². The monoisotopic (exact) mass is 680 g/mol. The highest BCUT2D eigenvalue weighted by Gasteiger charge is 2.43. The Labute approximate surface area is 291 Å². The highest BCUT2D eigenvalue weighted by atomic mass is 32.1. The SMILES string of the molecule is Cc1nc(C)c(-c2ccc3cc(-c4c(CC(=O)N5CCOCC5)cc(C(=O)NC5(C(=O)O)CCCC5)cc4C4CCCCC4)ccc3n2)s1. The number of carbonyl (C=O) groups excluding carboxylic acids is 2. The number of hydrogen-bond acceptors (Lipinski definition) is 7. The summed E-state index contributed by atoms with van der Waals surface area (Å²) in [7, 11) is 0. The van der Waals surface area contributed by atoms with Crippen molar-refractivity contribution in [3.05, 3.63) is 69.9 Å². The molecule has 0 unspecified atom stereocenters. The third-order valence-electron chi connectivity index (χ3n) is 10.6. The van der Waals surface area contributed by atoms with E-state index in [1.54, 1.807) is 11.3 Å². The van der Waals surface area contributed by atoms with E-state index in [4.69, 9.17) is 9.72 Å². The lowest BCUT2D eigenvalue weighted by Gasteiger charge is -2.30. The predicted molar refractivity (Wildman–Crippen MR) is 191 cm³/mol. The topological polar surface area (TPSA) is 122 Å². The molecule has 10 heteroatoms. The first-order valence-electron chi connectivity index (χ1n) is 17.6. The number of rotatable bonds is 8. The molecule has 256 valence electrons. The largest absolute Gasteiger partial charge is 0.480 e. The van der Waals surface area contributed by atoms with Crippen molar-refractivity contribution in [2.45, 2.75) is 89.5 Å². The Morgan fingerprint density at radius 3 is 2.41 bits per heavy atom. The van der Waals surface area contributed by atoms with Gasteiger partial charge in [0.1, 0.15) is 5.54 Å². The predicted octanol–water partition coefficient (Wildman–Crippen LogP) is 7.22. The van der Waals surface area contributed by atoms with Crippen LogP contribution in [-0.4, -0.2) is 69.6 Å². The Bertz CT molecular complexity index is 1900. The van der Waals surface area contributed by atoms with Crippen molar-refractivity contribution in [1.29, 1.82) is 0 Å². The number of carboxylic acids is 1. The zero-order chi connectivity index (χ0) is 34.1. The molecule has 2 aliphatic carbocycles. The number of fused-ring (bicyclic) bond motifs is 1. The molecule has 4 aromatic rings. The minimum absolute atomic E-state index is 0.00294. The van der Waals surface area contributed by atoms with Gasteiger partial charge < -0.3 is 20.1 Å². The molecule has 2 N–H and O–H groups in total. The maximum atomic E-state index is 14.0. The third-order valence-corrected chi connectivity index (χ3v) is 11.7. The number of nitrogens with one attached hydrogen (secondary N) is 1. The Kier molecular flexibility index (Phi) is 9.53. The van der Waals surface area contributed by atoms with Crippen molar-refractivity contribution in [1.82, 2.24) is 20.2 Å². The highest BCUT2D eigenvalue weighted by Crippen LogP contribution is 2.42. The molecule has 2 aromatic heterocycles. The Balaban J connectivity index is 1.34. The minimum Gasteiger partial charge on any atom is -0.480 e. The van der Waals surface area contributed by atoms with Gasteiger partial charge in [-0.05, 0) is 98.0 Å². The van der Waals surface area contributed by atoms with E-state index < -0.39 is 17.4 Å². The molecule has 2 saturated carbocycles. The minimum atomic E-state index is -1.26. The van der Waals surface area contributed by atoms with Gasteiger partial charge in [0, 0.05) is 24.0 Å². The van der Waals surface area contributed by atoms with Crippen molar-refractivity contribution < 1.29 is 24.2 Å². The van der Waals surface area contributed by atoms with E-state index in [2.05, 4.69) is 28.5 Å². The average molecular weight is 681 g/mol. The fourth-order valence-corrected chi connectivity index (χ4v) is 8.90. The molecule has 0 atom stereocenters. The summed E-state index contributed by atoms with van der Waals surface area (Å²) in [5, 5.41) is 15.1. The number of aliphatic carboxylic acids is 1. The van der Waals surface area contributed by atoms with Gasteiger partial charge in [-0.15, -0.1) is 11.3 Å². The van der Waals surface area contributed by atoms with Crippen molar-refractivity contribution in [3.8, 4) is 21.7 Å². The molecule has 3 aliphatic rings. The standard InChI is InChI=1S/C39H44N4O5S/c1-24-36(49-25(2)40-24)33-13-10-27-20-28(11-12-32(27)41-33)35-29(23-34(44)43-16-18-48-19-17-43)21-30(22-31(35)26-8-4-3-5-9-26)37(45)42-39(38(46)47)14-6-7-15-39/h10-13,20-22,26H,3-9,14-19,23H2,1-2H3,(H,42,45)(H,46,47). The Hall–Kier alpha value is -4.15. The van der Waals surface area contributed by atoms with Crippen molar-refractivity contribution in [2.75, 3.05) is 26.3 Å². The third kappa shape index (κ3) is 6.85. The van der Waals surface area contributed by atoms with Crippen LogP contribution >= 0.6 is 11.3 Å². The molecule has 9 nitrogen and oxygen atoms in total. The van der Waals surface area contributed by atoms with E-state index in [9.17, 15) is 19.5 Å². The molecule has 2 aromatic carbocycles. The summed E-state index contributed by atoms with van der Waals surface area (Å²) >= 11 is 1.65. The quantitative estimate of drug-likeness (QED) is 0.202. The summed E-state index contributed by atoms with van der Waals surface area (Å²) in [6.07, 6.45) is 7.88. The van der Waals surface area contributed by atoms with E-state index in [-0.39, 0.29) is 18.2 Å². The summed E-state index contributed by atoms with van der Waals surface area (Å²) in [5.41, 5.74) is 5.76. The number of hydrogen-bond donors (Lipinski definition) is 2. The summed E-state index contributed by atoms with van der Waals surface area (Å²) in [5.74, 6) is -1.16. The molecule has 1 saturated heterocycles. The lowest BCUT2D eigenvalue weighted by atomic mass is 9.78. The summed E-state index contributed by atoms with van der Waals surface area (Å²) in [6, 6.07) is 14.3. The summed E-state index contributed by atoms with van der Waals surface area (Å²) in [6.45, 7) is 6.10. The number of carboxylic acid groups (broad SMARTS) is 1. The van der Waals surface area contributed by atoms with Crippen LogP contribution in [0.4, 0.5) is 0 Å².